The van der Waals surface area contributed by atoms with Gasteiger partial charge in [-0.2, -0.15) is 12.6 Å². The third-order valence-corrected chi connectivity index (χ3v) is 12.6. The fourth-order valence-corrected chi connectivity index (χ4v) is 8.31. The molecule has 0 spiro atoms. The number of nitrogens with zero attached hydrogens (tertiary/aromatic N) is 2. The Bertz CT molecular complexity index is 2100. The van der Waals surface area contributed by atoms with E-state index in [1.54, 1.807) is 13.8 Å². The number of rotatable bonds is 33. The molecule has 0 aromatic carbocycles. The number of unbranched alkanes of at least 4 members (excludes halogenated alkanes) is 1. The number of amides is 9. The molecule has 2 rings (SSSR count). The Balaban J connectivity index is 2.27. The zero-order chi connectivity index (χ0) is 57.6. The van der Waals surface area contributed by atoms with Gasteiger partial charge in [-0.15, -0.1) is 0 Å². The van der Waals surface area contributed by atoms with Gasteiger partial charge in [0.1, 0.15) is 48.3 Å². The van der Waals surface area contributed by atoms with Crippen molar-refractivity contribution in [3.63, 3.8) is 0 Å². The number of hydrogen-bond acceptors (Lipinski definition) is 18. The van der Waals surface area contributed by atoms with Crippen molar-refractivity contribution >= 4 is 71.8 Å². The Morgan fingerprint density at radius 3 is 1.62 bits per heavy atom. The predicted molar refractivity (Wildman–Crippen MR) is 276 cm³/mol. The first kappa shape index (κ1) is 66.1. The van der Waals surface area contributed by atoms with Crippen LogP contribution in [0.5, 0.6) is 0 Å². The molecule has 1 aliphatic rings. The summed E-state index contributed by atoms with van der Waals surface area (Å²) in [7, 11) is 0. The maximum atomic E-state index is 14.0. The summed E-state index contributed by atoms with van der Waals surface area (Å²) in [4.78, 5) is 142. The molecule has 9 amide bonds. The lowest BCUT2D eigenvalue weighted by molar-refractivity contribution is -0.146. The van der Waals surface area contributed by atoms with Crippen LogP contribution in [-0.2, 0) is 54.4 Å². The van der Waals surface area contributed by atoms with Gasteiger partial charge in [-0.1, -0.05) is 34.1 Å². The van der Waals surface area contributed by atoms with Crippen molar-refractivity contribution in [1.29, 1.82) is 0 Å². The Morgan fingerprint density at radius 2 is 1.14 bits per heavy atom. The van der Waals surface area contributed by atoms with E-state index in [2.05, 4.69) is 59.8 Å². The molecule has 76 heavy (non-hydrogen) atoms. The molecule has 1 fully saturated rings. The molecule has 2 heterocycles. The van der Waals surface area contributed by atoms with Crippen molar-refractivity contribution in [3.05, 3.63) is 18.2 Å². The third-order valence-electron chi connectivity index (χ3n) is 12.2. The number of carboxylic acids is 1. The monoisotopic (exact) mass is 1100 g/mol. The smallest absolute Gasteiger partial charge is 0.328 e. The molecule has 0 radical (unpaired) electrons. The standard InChI is InChI=1S/C47H81N13O15S/c1-22(2)15-29(52-38(65)28(49)11-8-9-13-48)39(66)53-31(17-27-18-50-21-51-27)41(68)57-35(24(5)62)44(71)55-32(19-61)46(73)60-14-10-12-34(60)43(70)54-30(16-23(3)4)40(67)56-33(20-76)42(69)58-36(25(6)63)45(72)59-37(26(7)64)47(74)75/h18,21-26,28-37,61-64,76H,8-17,19-20,48-49H2,1-7H3,(H,50,51)(H,52,65)(H,53,66)(H,54,70)(H,55,71)(H,56,67)(H,57,68)(H,58,69)(H,59,72)(H,74,75)/t24-,25-,26-,28+,29+,30+,31+,32+,33+,34+,35+,36+,37+/m1/s1. The first-order valence-electron chi connectivity index (χ1n) is 25.3. The normalized spacial score (nSPS) is 18.2. The van der Waals surface area contributed by atoms with Gasteiger partial charge < -0.3 is 89.4 Å². The minimum atomic E-state index is -1.78. The molecule has 1 aromatic rings. The van der Waals surface area contributed by atoms with E-state index in [0.29, 0.717) is 31.5 Å². The average molecular weight is 1100 g/mol. The summed E-state index contributed by atoms with van der Waals surface area (Å²) in [6, 6.07) is -14.5. The highest BCUT2D eigenvalue weighted by molar-refractivity contribution is 7.80. The molecule has 1 saturated heterocycles. The number of aromatic amines is 1. The van der Waals surface area contributed by atoms with E-state index in [1.807, 2.05) is 19.2 Å². The number of nitrogens with one attached hydrogen (secondary N) is 9. The summed E-state index contributed by atoms with van der Waals surface area (Å²) in [5.41, 5.74) is 12.0. The van der Waals surface area contributed by atoms with Gasteiger partial charge in [-0.3, -0.25) is 43.2 Å². The van der Waals surface area contributed by atoms with Crippen LogP contribution in [0.25, 0.3) is 0 Å². The number of aliphatic carboxylic acids is 1. The zero-order valence-electron chi connectivity index (χ0n) is 44.1. The molecule has 0 bridgehead atoms. The quantitative estimate of drug-likeness (QED) is 0.0231. The highest BCUT2D eigenvalue weighted by atomic mass is 32.1. The van der Waals surface area contributed by atoms with Gasteiger partial charge in [0.05, 0.1) is 37.3 Å². The van der Waals surface area contributed by atoms with Crippen LogP contribution in [0.2, 0.25) is 0 Å². The highest BCUT2D eigenvalue weighted by Crippen LogP contribution is 2.20. The maximum absolute atomic E-state index is 14.0. The molecular formula is C47H81N13O15S. The Kier molecular flexibility index (Phi) is 28.3. The van der Waals surface area contributed by atoms with Crippen LogP contribution < -0.4 is 54.0 Å². The van der Waals surface area contributed by atoms with Crippen molar-refractivity contribution in [2.24, 2.45) is 23.3 Å². The van der Waals surface area contributed by atoms with Gasteiger partial charge in [0.2, 0.25) is 53.2 Å². The number of H-pyrrole nitrogens is 1. The minimum Gasteiger partial charge on any atom is -0.480 e. The van der Waals surface area contributed by atoms with Gasteiger partial charge in [-0.25, -0.2) is 9.78 Å². The Labute approximate surface area is 446 Å². The summed E-state index contributed by atoms with van der Waals surface area (Å²) in [5.74, 6) is -10.5. The lowest BCUT2D eigenvalue weighted by atomic mass is 10.0. The second kappa shape index (κ2) is 32.6. The topological polar surface area (TPSA) is 452 Å². The molecule has 13 atom stereocenters. The van der Waals surface area contributed by atoms with E-state index < -0.39 is 144 Å². The molecule has 29 heteroatoms. The Hall–Kier alpha value is -5.98. The number of likely N-dealkylation sites (tertiary alicyclic amines) is 1. The first-order valence-corrected chi connectivity index (χ1v) is 26.0. The van der Waals surface area contributed by atoms with Crippen molar-refractivity contribution in [1.82, 2.24) is 57.4 Å². The predicted octanol–water partition coefficient (Wildman–Crippen LogP) is -5.48. The molecule has 430 valence electrons. The third kappa shape index (κ3) is 21.2. The van der Waals surface area contributed by atoms with Crippen LogP contribution in [0, 0.1) is 11.8 Å². The molecule has 1 aromatic heterocycles. The van der Waals surface area contributed by atoms with Crippen LogP contribution in [-0.4, -0.2) is 204 Å². The van der Waals surface area contributed by atoms with Crippen molar-refractivity contribution in [3.8, 4) is 0 Å². The van der Waals surface area contributed by atoms with Gasteiger partial charge >= 0.3 is 5.97 Å². The van der Waals surface area contributed by atoms with Crippen LogP contribution >= 0.6 is 12.6 Å². The van der Waals surface area contributed by atoms with Crippen LogP contribution in [0.3, 0.4) is 0 Å². The van der Waals surface area contributed by atoms with Gasteiger partial charge in [-0.05, 0) is 77.7 Å². The van der Waals surface area contributed by atoms with Gasteiger partial charge in [0.25, 0.3) is 0 Å². The summed E-state index contributed by atoms with van der Waals surface area (Å²) < 4.78 is 0. The molecular weight excluding hydrogens is 1020 g/mol. The van der Waals surface area contributed by atoms with Crippen LogP contribution in [0.15, 0.2) is 12.5 Å². The molecule has 0 aliphatic carbocycles. The maximum Gasteiger partial charge on any atom is 0.328 e. The molecule has 0 unspecified atom stereocenters. The van der Waals surface area contributed by atoms with Crippen LogP contribution in [0.4, 0.5) is 0 Å². The summed E-state index contributed by atoms with van der Waals surface area (Å²) in [6.07, 6.45) is -0.114. The van der Waals surface area contributed by atoms with Crippen molar-refractivity contribution < 1.29 is 73.5 Å². The number of carboxylic acid groups (broad SMARTS) is 1. The van der Waals surface area contributed by atoms with Crippen molar-refractivity contribution in [2.45, 2.75) is 179 Å². The molecule has 1 aliphatic heterocycles. The first-order chi connectivity index (χ1) is 35.7. The van der Waals surface area contributed by atoms with E-state index in [1.165, 1.54) is 19.4 Å². The van der Waals surface area contributed by atoms with Crippen LogP contribution in [0.1, 0.15) is 99.1 Å². The van der Waals surface area contributed by atoms with E-state index in [0.717, 1.165) is 18.7 Å². The fourth-order valence-electron chi connectivity index (χ4n) is 8.06. The molecule has 18 N–H and O–H groups in total. The average Bonchev–Trinajstić information content (AvgIpc) is 4.06. The van der Waals surface area contributed by atoms with E-state index in [4.69, 9.17) is 11.5 Å². The zero-order valence-corrected chi connectivity index (χ0v) is 45.0. The summed E-state index contributed by atoms with van der Waals surface area (Å²) in [5, 5.41) is 70.0. The number of carbonyl (C=O) groups excluding carboxylic acids is 9. The number of aliphatic hydroxyl groups excluding tert-OH is 4. The SMILES string of the molecule is CC(C)C[C@H](NC(=O)[C@@H](N)CCCCN)C(=O)N[C@@H](Cc1cnc[nH]1)C(=O)N[C@H](C(=O)N[C@@H](CO)C(=O)N1CCC[C@H]1C(=O)N[C@@H](CC(C)C)C(=O)N[C@@H](CS)C(=O)N[C@H](C(=O)N[C@H](C(=O)O)[C@@H](C)O)[C@@H](C)O)[C@@H](C)O. The number of aliphatic hydroxyl groups is 4. The lowest BCUT2D eigenvalue weighted by Crippen LogP contribution is -2.63. The highest BCUT2D eigenvalue weighted by Gasteiger charge is 2.41. The number of carbonyl (C=O) groups is 10. The van der Waals surface area contributed by atoms with E-state index in [-0.39, 0.29) is 56.2 Å². The largest absolute Gasteiger partial charge is 0.480 e. The Morgan fingerprint density at radius 1 is 0.671 bits per heavy atom. The minimum absolute atomic E-state index is 0.0156. The summed E-state index contributed by atoms with van der Waals surface area (Å²) in [6.45, 7) is 9.93. The van der Waals surface area contributed by atoms with Gasteiger partial charge in [0, 0.05) is 30.6 Å². The fraction of sp³-hybridized carbons (Fsp3) is 0.723. The summed E-state index contributed by atoms with van der Waals surface area (Å²) >= 11 is 4.14. The second-order valence-corrected chi connectivity index (χ2v) is 20.2. The van der Waals surface area contributed by atoms with E-state index in [9.17, 15) is 73.5 Å². The molecule has 0 saturated carbocycles. The number of nitrogens with two attached hydrogens (primary N) is 2. The van der Waals surface area contributed by atoms with Crippen molar-refractivity contribution in [2.75, 3.05) is 25.4 Å². The molecule has 28 nitrogen and oxygen atoms in total. The van der Waals surface area contributed by atoms with E-state index >= 15 is 0 Å². The number of thiol groups is 1. The van der Waals surface area contributed by atoms with Gasteiger partial charge in [0.15, 0.2) is 6.04 Å². The number of aromatic nitrogens is 2. The number of hydrogen-bond donors (Lipinski definition) is 17. The lowest BCUT2D eigenvalue weighted by Gasteiger charge is -2.31. The number of imidazole rings is 1. The second-order valence-electron chi connectivity index (χ2n) is 19.8.